The lowest BCUT2D eigenvalue weighted by atomic mass is 9.96. The van der Waals surface area contributed by atoms with Crippen molar-refractivity contribution in [2.75, 3.05) is 0 Å². The maximum Gasteiger partial charge on any atom is 0.139 e. The molecule has 0 bridgehead atoms. The molecule has 0 unspecified atom stereocenters. The highest BCUT2D eigenvalue weighted by Crippen LogP contribution is 1.99. The average Bonchev–Trinajstić information content (AvgIpc) is 1.90. The molecule has 0 atom stereocenters. The molecule has 2 heteroatoms. The molecular formula is C7H8BCl. The van der Waals surface area contributed by atoms with E-state index in [-0.39, 0.29) is 0 Å². The van der Waals surface area contributed by atoms with E-state index in [0.29, 0.717) is 5.88 Å². The van der Waals surface area contributed by atoms with Gasteiger partial charge in [-0.25, -0.2) is 0 Å². The third-order valence-corrected chi connectivity index (χ3v) is 1.58. The minimum Gasteiger partial charge on any atom is -0.122 e. The van der Waals surface area contributed by atoms with Gasteiger partial charge in [0.1, 0.15) is 7.85 Å². The van der Waals surface area contributed by atoms with E-state index in [9.17, 15) is 0 Å². The summed E-state index contributed by atoms with van der Waals surface area (Å²) in [7, 11) is 2.07. The van der Waals surface area contributed by atoms with Gasteiger partial charge in [0.15, 0.2) is 0 Å². The third kappa shape index (κ3) is 1.76. The van der Waals surface area contributed by atoms with Crippen molar-refractivity contribution < 1.29 is 0 Å². The zero-order chi connectivity index (χ0) is 6.69. The predicted molar refractivity (Wildman–Crippen MR) is 44.2 cm³/mol. The molecule has 46 valence electrons. The Morgan fingerprint density at radius 1 is 1.22 bits per heavy atom. The highest BCUT2D eigenvalue weighted by atomic mass is 35.5. The minimum absolute atomic E-state index is 0.611. The van der Waals surface area contributed by atoms with Gasteiger partial charge in [0.05, 0.1) is 0 Å². The average molecular weight is 138 g/mol. The summed E-state index contributed by atoms with van der Waals surface area (Å²) in [5, 5.41) is 0. The van der Waals surface area contributed by atoms with Gasteiger partial charge in [0.2, 0.25) is 0 Å². The van der Waals surface area contributed by atoms with Crippen molar-refractivity contribution in [1.29, 1.82) is 0 Å². The van der Waals surface area contributed by atoms with Crippen LogP contribution >= 0.6 is 11.6 Å². The van der Waals surface area contributed by atoms with Gasteiger partial charge >= 0.3 is 0 Å². The fourth-order valence-corrected chi connectivity index (χ4v) is 0.855. The van der Waals surface area contributed by atoms with Crippen LogP contribution in [0, 0.1) is 0 Å². The fraction of sp³-hybridized carbons (Fsp3) is 0.143. The molecule has 0 heterocycles. The van der Waals surface area contributed by atoms with E-state index < -0.39 is 0 Å². The zero-order valence-corrected chi connectivity index (χ0v) is 6.15. The molecule has 0 fully saturated rings. The summed E-state index contributed by atoms with van der Waals surface area (Å²) in [6.07, 6.45) is 0. The Morgan fingerprint density at radius 2 is 1.78 bits per heavy atom. The van der Waals surface area contributed by atoms with E-state index in [2.05, 4.69) is 20.0 Å². The molecule has 0 aliphatic heterocycles. The van der Waals surface area contributed by atoms with Gasteiger partial charge in [0, 0.05) is 5.88 Å². The largest absolute Gasteiger partial charge is 0.139 e. The third-order valence-electron chi connectivity index (χ3n) is 1.27. The van der Waals surface area contributed by atoms with Crippen molar-refractivity contribution in [2.45, 2.75) is 5.88 Å². The first-order valence-corrected chi connectivity index (χ1v) is 3.48. The summed E-state index contributed by atoms with van der Waals surface area (Å²) in [6, 6.07) is 8.22. The van der Waals surface area contributed by atoms with Crippen LogP contribution in [0.2, 0.25) is 0 Å². The molecule has 1 rings (SSSR count). The second-order valence-corrected chi connectivity index (χ2v) is 2.39. The Bertz CT molecular complexity index is 181. The van der Waals surface area contributed by atoms with Crippen LogP contribution in [0.25, 0.3) is 0 Å². The molecule has 0 saturated heterocycles. The quantitative estimate of drug-likeness (QED) is 0.396. The van der Waals surface area contributed by atoms with E-state index in [0.717, 1.165) is 0 Å². The molecule has 9 heavy (non-hydrogen) atoms. The van der Waals surface area contributed by atoms with Crippen molar-refractivity contribution in [3.8, 4) is 0 Å². The van der Waals surface area contributed by atoms with Crippen LogP contribution in [-0.2, 0) is 5.88 Å². The normalized spacial score (nSPS) is 9.44. The summed E-state index contributed by atoms with van der Waals surface area (Å²) in [5.74, 6) is 0.611. The Balaban J connectivity index is 2.88. The molecular weight excluding hydrogens is 130 g/mol. The molecule has 1 aromatic rings. The van der Waals surface area contributed by atoms with E-state index in [1.54, 1.807) is 0 Å². The smallest absolute Gasteiger partial charge is 0.122 e. The van der Waals surface area contributed by atoms with Gasteiger partial charge in [-0.15, -0.1) is 11.6 Å². The lowest BCUT2D eigenvalue weighted by molar-refractivity contribution is 1.41. The summed E-state index contributed by atoms with van der Waals surface area (Å²) in [4.78, 5) is 0. The first kappa shape index (κ1) is 6.69. The van der Waals surface area contributed by atoms with Gasteiger partial charge in [-0.2, -0.15) is 0 Å². The van der Waals surface area contributed by atoms with Crippen LogP contribution in [0.15, 0.2) is 24.3 Å². The number of hydrogen-bond acceptors (Lipinski definition) is 0. The second kappa shape index (κ2) is 2.93. The van der Waals surface area contributed by atoms with Crippen LogP contribution in [0.3, 0.4) is 0 Å². The second-order valence-electron chi connectivity index (χ2n) is 2.12. The molecule has 1 aromatic carbocycles. The maximum absolute atomic E-state index is 5.58. The van der Waals surface area contributed by atoms with E-state index in [1.165, 1.54) is 11.0 Å². The number of alkyl halides is 1. The van der Waals surface area contributed by atoms with Crippen molar-refractivity contribution in [2.24, 2.45) is 0 Å². The van der Waals surface area contributed by atoms with Crippen molar-refractivity contribution >= 4 is 24.9 Å². The zero-order valence-electron chi connectivity index (χ0n) is 5.39. The lowest BCUT2D eigenvalue weighted by Crippen LogP contribution is -1.99. The Kier molecular flexibility index (Phi) is 2.18. The Hall–Kier alpha value is -0.425. The molecule has 0 nitrogen and oxygen atoms in total. The van der Waals surface area contributed by atoms with Crippen LogP contribution in [0.4, 0.5) is 0 Å². The number of halogens is 1. The van der Waals surface area contributed by atoms with E-state index in [4.69, 9.17) is 11.6 Å². The molecule has 0 aliphatic carbocycles. The summed E-state index contributed by atoms with van der Waals surface area (Å²) >= 11 is 5.58. The van der Waals surface area contributed by atoms with Gasteiger partial charge in [-0.3, -0.25) is 0 Å². The lowest BCUT2D eigenvalue weighted by Gasteiger charge is -1.93. The topological polar surface area (TPSA) is 0 Å². The highest BCUT2D eigenvalue weighted by molar-refractivity contribution is 6.32. The molecule has 0 N–H and O–H groups in total. The van der Waals surface area contributed by atoms with Crippen LogP contribution < -0.4 is 5.46 Å². The molecule has 0 amide bonds. The SMILES string of the molecule is Bc1ccc(CCl)cc1. The molecule has 0 aromatic heterocycles. The van der Waals surface area contributed by atoms with Crippen molar-refractivity contribution in [1.82, 2.24) is 0 Å². The summed E-state index contributed by atoms with van der Waals surface area (Å²) in [5.41, 5.74) is 2.46. The summed E-state index contributed by atoms with van der Waals surface area (Å²) in [6.45, 7) is 0. The standard InChI is InChI=1S/C7H8BCl/c8-7-3-1-6(5-9)2-4-7/h1-4H,5,8H2. The monoisotopic (exact) mass is 138 g/mol. The van der Waals surface area contributed by atoms with Gasteiger partial charge in [-0.1, -0.05) is 29.7 Å². The minimum atomic E-state index is 0.611. The van der Waals surface area contributed by atoms with Gasteiger partial charge < -0.3 is 0 Å². The molecule has 0 saturated carbocycles. The van der Waals surface area contributed by atoms with Gasteiger partial charge in [-0.05, 0) is 5.56 Å². The Labute approximate surface area is 61.3 Å². The predicted octanol–water partition coefficient (Wildman–Crippen LogP) is 0.684. The molecule has 0 aliphatic rings. The molecule has 0 spiro atoms. The van der Waals surface area contributed by atoms with Crippen LogP contribution in [-0.4, -0.2) is 7.85 Å². The summed E-state index contributed by atoms with van der Waals surface area (Å²) < 4.78 is 0. The molecule has 0 radical (unpaired) electrons. The van der Waals surface area contributed by atoms with Crippen molar-refractivity contribution in [3.63, 3.8) is 0 Å². The van der Waals surface area contributed by atoms with E-state index in [1.807, 2.05) is 12.1 Å². The Morgan fingerprint density at radius 3 is 2.22 bits per heavy atom. The van der Waals surface area contributed by atoms with Gasteiger partial charge in [0.25, 0.3) is 0 Å². The van der Waals surface area contributed by atoms with Crippen molar-refractivity contribution in [3.05, 3.63) is 29.8 Å². The number of hydrogen-bond donors (Lipinski definition) is 0. The van der Waals surface area contributed by atoms with Crippen LogP contribution in [0.5, 0.6) is 0 Å². The first-order valence-electron chi connectivity index (χ1n) is 2.94. The number of benzene rings is 1. The highest BCUT2D eigenvalue weighted by Gasteiger charge is 1.86. The maximum atomic E-state index is 5.58. The number of rotatable bonds is 1. The van der Waals surface area contributed by atoms with Crippen LogP contribution in [0.1, 0.15) is 5.56 Å². The van der Waals surface area contributed by atoms with E-state index >= 15 is 0 Å². The fourth-order valence-electron chi connectivity index (χ4n) is 0.677. The first-order chi connectivity index (χ1) is 4.33.